The van der Waals surface area contributed by atoms with Gasteiger partial charge < -0.3 is 4.90 Å². The average Bonchev–Trinajstić information content (AvgIpc) is 3.10. The van der Waals surface area contributed by atoms with Gasteiger partial charge in [-0.1, -0.05) is 12.2 Å². The lowest BCUT2D eigenvalue weighted by atomic mass is 10.2. The molecule has 0 atom stereocenters. The van der Waals surface area contributed by atoms with E-state index in [1.807, 2.05) is 19.2 Å². The van der Waals surface area contributed by atoms with Crippen LogP contribution in [0.5, 0.6) is 0 Å². The molecule has 0 amide bonds. The molecule has 0 unspecified atom stereocenters. The first-order chi connectivity index (χ1) is 13.3. The van der Waals surface area contributed by atoms with Crippen molar-refractivity contribution in [2.45, 2.75) is 6.92 Å². The fourth-order valence-corrected chi connectivity index (χ4v) is 3.10. The zero-order chi connectivity index (χ0) is 18.5. The Morgan fingerprint density at radius 2 is 1.45 bits per heavy atom. The van der Waals surface area contributed by atoms with Gasteiger partial charge in [0, 0.05) is 63.1 Å². The second-order valence-electron chi connectivity index (χ2n) is 6.38. The summed E-state index contributed by atoms with van der Waals surface area (Å²) in [6.07, 6.45) is 13.2. The predicted octanol–water partition coefficient (Wildman–Crippen LogP) is 2.44. The first-order valence-corrected chi connectivity index (χ1v) is 9.04. The van der Waals surface area contributed by atoms with E-state index >= 15 is 0 Å². The summed E-state index contributed by atoms with van der Waals surface area (Å²) in [6, 6.07) is 3.64. The number of anilines is 1. The first-order valence-electron chi connectivity index (χ1n) is 9.04. The molecule has 0 aromatic carbocycles. The predicted molar refractivity (Wildman–Crippen MR) is 118 cm³/mol. The lowest BCUT2D eigenvalue weighted by molar-refractivity contribution is 0.283. The van der Waals surface area contributed by atoms with Crippen molar-refractivity contribution in [1.29, 1.82) is 0 Å². The smallest absolute Gasteiger partial charge is 0.250 e. The van der Waals surface area contributed by atoms with Gasteiger partial charge in [0.05, 0.1) is 11.9 Å². The molecule has 3 aromatic heterocycles. The third-order valence-electron chi connectivity index (χ3n) is 4.66. The Labute approximate surface area is 182 Å². The second kappa shape index (κ2) is 10.8. The number of hydrogen-bond donors (Lipinski definition) is 0. The quantitative estimate of drug-likeness (QED) is 0.609. The van der Waals surface area contributed by atoms with E-state index < -0.39 is 0 Å². The van der Waals surface area contributed by atoms with Gasteiger partial charge >= 0.3 is 0 Å². The SMILES string of the molecule is Cc1c(/C=C/CN2CCN(c3ncccn3)CC2)cnn1-c1ncccn1.Cl.Cl. The molecule has 0 aliphatic carbocycles. The molecular weight excluding hydrogens is 411 g/mol. The van der Waals surface area contributed by atoms with E-state index in [2.05, 4.69) is 47.0 Å². The van der Waals surface area contributed by atoms with Crippen molar-refractivity contribution in [3.05, 3.63) is 60.5 Å². The number of nitrogens with zero attached hydrogens (tertiary/aromatic N) is 8. The van der Waals surface area contributed by atoms with E-state index in [0.29, 0.717) is 5.95 Å². The summed E-state index contributed by atoms with van der Waals surface area (Å²) in [4.78, 5) is 21.8. The molecule has 29 heavy (non-hydrogen) atoms. The van der Waals surface area contributed by atoms with Gasteiger partial charge in [0.1, 0.15) is 0 Å². The second-order valence-corrected chi connectivity index (χ2v) is 6.38. The summed E-state index contributed by atoms with van der Waals surface area (Å²) in [7, 11) is 0. The molecule has 1 aliphatic rings. The molecule has 10 heteroatoms. The molecular formula is C19H24Cl2N8. The molecule has 0 N–H and O–H groups in total. The summed E-state index contributed by atoms with van der Waals surface area (Å²) in [5.74, 6) is 1.41. The van der Waals surface area contributed by atoms with Crippen LogP contribution in [-0.2, 0) is 0 Å². The van der Waals surface area contributed by atoms with E-state index in [9.17, 15) is 0 Å². The summed E-state index contributed by atoms with van der Waals surface area (Å²) >= 11 is 0. The highest BCUT2D eigenvalue weighted by Gasteiger charge is 2.17. The van der Waals surface area contributed by atoms with Crippen molar-refractivity contribution in [1.82, 2.24) is 34.6 Å². The lowest BCUT2D eigenvalue weighted by Crippen LogP contribution is -2.46. The summed E-state index contributed by atoms with van der Waals surface area (Å²) in [5.41, 5.74) is 2.11. The number of hydrogen-bond acceptors (Lipinski definition) is 7. The monoisotopic (exact) mass is 434 g/mol. The van der Waals surface area contributed by atoms with Crippen LogP contribution in [-0.4, -0.2) is 67.3 Å². The van der Waals surface area contributed by atoms with Gasteiger partial charge in [0.2, 0.25) is 5.95 Å². The maximum Gasteiger partial charge on any atom is 0.250 e. The van der Waals surface area contributed by atoms with E-state index in [1.165, 1.54) is 0 Å². The van der Waals surface area contributed by atoms with Gasteiger partial charge in [-0.2, -0.15) is 5.10 Å². The number of aromatic nitrogens is 6. The molecule has 0 spiro atoms. The Balaban J connectivity index is 0.00000150. The van der Waals surface area contributed by atoms with Gasteiger partial charge in [-0.3, -0.25) is 4.90 Å². The zero-order valence-electron chi connectivity index (χ0n) is 16.1. The Morgan fingerprint density at radius 1 is 0.862 bits per heavy atom. The average molecular weight is 435 g/mol. The summed E-state index contributed by atoms with van der Waals surface area (Å²) in [6.45, 7) is 6.83. The topological polar surface area (TPSA) is 75.9 Å². The van der Waals surface area contributed by atoms with Gasteiger partial charge in [0.25, 0.3) is 5.95 Å². The third kappa shape index (κ3) is 5.50. The van der Waals surface area contributed by atoms with Crippen molar-refractivity contribution < 1.29 is 0 Å². The van der Waals surface area contributed by atoms with Crippen molar-refractivity contribution in [2.24, 2.45) is 0 Å². The van der Waals surface area contributed by atoms with Gasteiger partial charge in [-0.05, 0) is 19.1 Å². The number of piperazine rings is 1. The van der Waals surface area contributed by atoms with Crippen molar-refractivity contribution >= 4 is 36.8 Å². The molecule has 3 aromatic rings. The maximum atomic E-state index is 4.40. The minimum Gasteiger partial charge on any atom is -0.338 e. The van der Waals surface area contributed by atoms with Crippen LogP contribution in [0.2, 0.25) is 0 Å². The molecule has 0 saturated carbocycles. The van der Waals surface area contributed by atoms with E-state index in [0.717, 1.165) is 49.9 Å². The fourth-order valence-electron chi connectivity index (χ4n) is 3.10. The van der Waals surface area contributed by atoms with Crippen LogP contribution in [0.3, 0.4) is 0 Å². The normalized spacial score (nSPS) is 14.4. The van der Waals surface area contributed by atoms with Gasteiger partial charge in [-0.25, -0.2) is 24.6 Å². The van der Waals surface area contributed by atoms with Gasteiger partial charge in [-0.15, -0.1) is 24.8 Å². The minimum absolute atomic E-state index is 0. The highest BCUT2D eigenvalue weighted by molar-refractivity contribution is 5.85. The van der Waals surface area contributed by atoms with E-state index in [1.54, 1.807) is 35.5 Å². The van der Waals surface area contributed by atoms with Crippen LogP contribution >= 0.6 is 24.8 Å². The summed E-state index contributed by atoms with van der Waals surface area (Å²) in [5, 5.41) is 4.40. The molecule has 8 nitrogen and oxygen atoms in total. The van der Waals surface area contributed by atoms with Crippen LogP contribution < -0.4 is 4.90 Å². The molecule has 1 fully saturated rings. The Hall–Kier alpha value is -2.55. The standard InChI is InChI=1S/C19H22N8.2ClH/c1-16-17(15-24-27(16)19-22-8-4-9-23-19)5-2-10-25-11-13-26(14-12-25)18-20-6-3-7-21-18;;/h2-9,15H,10-14H2,1H3;2*1H/b5-2+;;. The molecule has 0 bridgehead atoms. The maximum absolute atomic E-state index is 4.40. The van der Waals surface area contributed by atoms with Crippen molar-refractivity contribution in [3.63, 3.8) is 0 Å². The number of halogens is 2. The van der Waals surface area contributed by atoms with Crippen molar-refractivity contribution in [3.8, 4) is 5.95 Å². The van der Waals surface area contributed by atoms with Crippen LogP contribution in [0, 0.1) is 6.92 Å². The van der Waals surface area contributed by atoms with Crippen LogP contribution in [0.4, 0.5) is 5.95 Å². The lowest BCUT2D eigenvalue weighted by Gasteiger charge is -2.34. The van der Waals surface area contributed by atoms with Gasteiger partial charge in [0.15, 0.2) is 0 Å². The molecule has 4 rings (SSSR count). The van der Waals surface area contributed by atoms with Crippen LogP contribution in [0.1, 0.15) is 11.3 Å². The Bertz CT molecular complexity index is 893. The van der Waals surface area contributed by atoms with Crippen LogP contribution in [0.25, 0.3) is 12.0 Å². The minimum atomic E-state index is 0. The third-order valence-corrected chi connectivity index (χ3v) is 4.66. The number of rotatable bonds is 5. The molecule has 154 valence electrons. The fraction of sp³-hybridized carbons (Fsp3) is 0.316. The van der Waals surface area contributed by atoms with Crippen molar-refractivity contribution in [2.75, 3.05) is 37.6 Å². The Morgan fingerprint density at radius 3 is 2.07 bits per heavy atom. The highest BCUT2D eigenvalue weighted by Crippen LogP contribution is 2.13. The molecule has 0 radical (unpaired) electrons. The molecule has 1 saturated heterocycles. The van der Waals surface area contributed by atoms with E-state index in [4.69, 9.17) is 0 Å². The van der Waals surface area contributed by atoms with E-state index in [-0.39, 0.29) is 24.8 Å². The Kier molecular flexibility index (Phi) is 8.50. The molecule has 1 aliphatic heterocycles. The molecule has 4 heterocycles. The first kappa shape index (κ1) is 22.7. The zero-order valence-corrected chi connectivity index (χ0v) is 17.8. The largest absolute Gasteiger partial charge is 0.338 e. The summed E-state index contributed by atoms with van der Waals surface area (Å²) < 4.78 is 1.76. The highest BCUT2D eigenvalue weighted by atomic mass is 35.5. The van der Waals surface area contributed by atoms with Crippen LogP contribution in [0.15, 0.2) is 49.2 Å².